The Hall–Kier alpha value is -2.50. The van der Waals surface area contributed by atoms with Gasteiger partial charge in [-0.2, -0.15) is 0 Å². The molecule has 0 saturated heterocycles. The second-order valence-electron chi connectivity index (χ2n) is 8.03. The number of hydrogen-bond acceptors (Lipinski definition) is 5. The molecule has 2 aromatic carbocycles. The van der Waals surface area contributed by atoms with Crippen LogP contribution in [0.25, 0.3) is 0 Å². The van der Waals surface area contributed by atoms with Crippen molar-refractivity contribution < 1.29 is 14.3 Å². The Kier molecular flexibility index (Phi) is 6.77. The fourth-order valence-electron chi connectivity index (χ4n) is 4.67. The quantitative estimate of drug-likeness (QED) is 0.432. The van der Waals surface area contributed by atoms with Crippen LogP contribution in [0.2, 0.25) is 5.02 Å². The van der Waals surface area contributed by atoms with Crippen molar-refractivity contribution in [1.29, 1.82) is 0 Å². The molecule has 1 N–H and O–H groups in total. The molecule has 6 heteroatoms. The summed E-state index contributed by atoms with van der Waals surface area (Å²) in [7, 11) is 0. The molecule has 32 heavy (non-hydrogen) atoms. The van der Waals surface area contributed by atoms with E-state index in [-0.39, 0.29) is 24.3 Å². The number of esters is 1. The summed E-state index contributed by atoms with van der Waals surface area (Å²) in [5, 5.41) is 4.04. The number of rotatable bonds is 5. The third-order valence-electron chi connectivity index (χ3n) is 6.12. The molecule has 0 saturated carbocycles. The number of benzene rings is 2. The van der Waals surface area contributed by atoms with Gasteiger partial charge in [-0.1, -0.05) is 41.9 Å². The fraction of sp³-hybridized carbons (Fsp3) is 0.308. The monoisotopic (exact) mass is 467 g/mol. The average molecular weight is 468 g/mol. The highest BCUT2D eigenvalue weighted by Crippen LogP contribution is 2.46. The smallest absolute Gasteiger partial charge is 0.336 e. The number of nitrogens with one attached hydrogen (secondary N) is 1. The lowest BCUT2D eigenvalue weighted by molar-refractivity contribution is -0.138. The normalized spacial score (nSPS) is 20.7. The molecule has 0 unspecified atom stereocenters. The number of allylic oxidation sites excluding steroid dienone is 3. The summed E-state index contributed by atoms with van der Waals surface area (Å²) >= 11 is 8.10. The van der Waals surface area contributed by atoms with Crippen molar-refractivity contribution in [2.24, 2.45) is 0 Å². The van der Waals surface area contributed by atoms with Gasteiger partial charge in [0.2, 0.25) is 0 Å². The van der Waals surface area contributed by atoms with E-state index in [9.17, 15) is 9.59 Å². The number of carbonyl (C=O) groups is 2. The number of dihydropyridines is 1. The maximum Gasteiger partial charge on any atom is 0.336 e. The molecule has 0 amide bonds. The Bertz CT molecular complexity index is 1120. The molecule has 0 bridgehead atoms. The molecule has 1 heterocycles. The minimum Gasteiger partial charge on any atom is -0.463 e. The SMILES string of the molecule is CCOC(=O)C1=C(C)NC2=C(C(=O)C[C@H](c3ccccc3Cl)C2)[C@H]1c1ccc(SC)cc1. The van der Waals surface area contributed by atoms with Crippen molar-refractivity contribution in [3.63, 3.8) is 0 Å². The van der Waals surface area contributed by atoms with Crippen molar-refractivity contribution in [3.8, 4) is 0 Å². The van der Waals surface area contributed by atoms with Crippen molar-refractivity contribution in [2.75, 3.05) is 12.9 Å². The van der Waals surface area contributed by atoms with Gasteiger partial charge in [0.15, 0.2) is 5.78 Å². The van der Waals surface area contributed by atoms with Gasteiger partial charge in [0.05, 0.1) is 12.2 Å². The molecule has 0 fully saturated rings. The van der Waals surface area contributed by atoms with Crippen LogP contribution in [-0.2, 0) is 14.3 Å². The van der Waals surface area contributed by atoms with Crippen molar-refractivity contribution in [2.45, 2.75) is 43.4 Å². The van der Waals surface area contributed by atoms with Gasteiger partial charge in [0.1, 0.15) is 0 Å². The van der Waals surface area contributed by atoms with Crippen LogP contribution in [0.4, 0.5) is 0 Å². The first kappa shape index (κ1) is 22.7. The standard InChI is InChI=1S/C26H26ClNO3S/c1-4-31-26(30)23-15(2)28-21-13-17(19-7-5-6-8-20(19)27)14-22(29)25(21)24(23)16-9-11-18(32-3)12-10-16/h5-12,17,24,28H,4,13-14H2,1-3H3/t17-,24+/m1/s1. The maximum atomic E-state index is 13.5. The molecule has 2 aromatic rings. The predicted octanol–water partition coefficient (Wildman–Crippen LogP) is 5.99. The van der Waals surface area contributed by atoms with E-state index in [4.69, 9.17) is 16.3 Å². The topological polar surface area (TPSA) is 55.4 Å². The van der Waals surface area contributed by atoms with Crippen LogP contribution < -0.4 is 5.32 Å². The molecule has 4 nitrogen and oxygen atoms in total. The van der Waals surface area contributed by atoms with Crippen LogP contribution in [-0.4, -0.2) is 24.6 Å². The first-order valence-electron chi connectivity index (χ1n) is 10.7. The molecule has 0 aromatic heterocycles. The van der Waals surface area contributed by atoms with Crippen LogP contribution in [0.15, 0.2) is 76.0 Å². The lowest BCUT2D eigenvalue weighted by Crippen LogP contribution is -2.36. The van der Waals surface area contributed by atoms with E-state index in [0.717, 1.165) is 27.4 Å². The number of ether oxygens (including phenoxy) is 1. The number of ketones is 1. The summed E-state index contributed by atoms with van der Waals surface area (Å²) in [6, 6.07) is 15.8. The second kappa shape index (κ2) is 9.55. The molecule has 0 spiro atoms. The molecule has 166 valence electrons. The van der Waals surface area contributed by atoms with E-state index >= 15 is 0 Å². The molecular formula is C26H26ClNO3S. The molecule has 2 aliphatic rings. The number of Topliss-reactive ketones (excluding diaryl/α,β-unsaturated/α-hetero) is 1. The van der Waals surface area contributed by atoms with E-state index in [1.54, 1.807) is 18.7 Å². The van der Waals surface area contributed by atoms with E-state index in [2.05, 4.69) is 5.32 Å². The van der Waals surface area contributed by atoms with Crippen LogP contribution in [0.3, 0.4) is 0 Å². The zero-order chi connectivity index (χ0) is 22.8. The Morgan fingerprint density at radius 1 is 1.16 bits per heavy atom. The molecule has 1 aliphatic heterocycles. The highest BCUT2D eigenvalue weighted by Gasteiger charge is 2.41. The van der Waals surface area contributed by atoms with Gasteiger partial charge in [0.25, 0.3) is 0 Å². The van der Waals surface area contributed by atoms with Gasteiger partial charge >= 0.3 is 5.97 Å². The molecular weight excluding hydrogens is 442 g/mol. The summed E-state index contributed by atoms with van der Waals surface area (Å²) in [6.45, 7) is 3.95. The Morgan fingerprint density at radius 3 is 2.53 bits per heavy atom. The zero-order valence-electron chi connectivity index (χ0n) is 18.4. The van der Waals surface area contributed by atoms with Crippen LogP contribution in [0, 0.1) is 0 Å². The van der Waals surface area contributed by atoms with Gasteiger partial charge < -0.3 is 10.1 Å². The van der Waals surface area contributed by atoms with Gasteiger partial charge in [-0.3, -0.25) is 4.79 Å². The van der Waals surface area contributed by atoms with Gasteiger partial charge in [-0.25, -0.2) is 4.79 Å². The summed E-state index contributed by atoms with van der Waals surface area (Å²) in [4.78, 5) is 27.6. The summed E-state index contributed by atoms with van der Waals surface area (Å²) in [5.41, 5.74) is 4.67. The van der Waals surface area contributed by atoms with Gasteiger partial charge in [-0.05, 0) is 61.8 Å². The predicted molar refractivity (Wildman–Crippen MR) is 129 cm³/mol. The molecule has 4 rings (SSSR count). The number of halogens is 1. The highest BCUT2D eigenvalue weighted by molar-refractivity contribution is 7.98. The van der Waals surface area contributed by atoms with E-state index < -0.39 is 5.92 Å². The lowest BCUT2D eigenvalue weighted by atomic mass is 9.71. The van der Waals surface area contributed by atoms with E-state index in [1.165, 1.54) is 0 Å². The largest absolute Gasteiger partial charge is 0.463 e. The number of hydrogen-bond donors (Lipinski definition) is 1. The fourth-order valence-corrected chi connectivity index (χ4v) is 5.37. The first-order chi connectivity index (χ1) is 15.4. The number of thioether (sulfide) groups is 1. The second-order valence-corrected chi connectivity index (χ2v) is 9.32. The van der Waals surface area contributed by atoms with Crippen LogP contribution in [0.5, 0.6) is 0 Å². The maximum absolute atomic E-state index is 13.5. The average Bonchev–Trinajstić information content (AvgIpc) is 2.78. The van der Waals surface area contributed by atoms with Crippen molar-refractivity contribution in [3.05, 3.63) is 87.2 Å². The van der Waals surface area contributed by atoms with Crippen LogP contribution >= 0.6 is 23.4 Å². The Morgan fingerprint density at radius 2 is 1.88 bits per heavy atom. The van der Waals surface area contributed by atoms with Crippen LogP contribution in [0.1, 0.15) is 49.7 Å². The van der Waals surface area contributed by atoms with Crippen molar-refractivity contribution in [1.82, 2.24) is 5.32 Å². The third kappa shape index (κ3) is 4.24. The molecule has 1 aliphatic carbocycles. The molecule has 2 atom stereocenters. The highest BCUT2D eigenvalue weighted by atomic mass is 35.5. The summed E-state index contributed by atoms with van der Waals surface area (Å²) in [6.07, 6.45) is 3.05. The van der Waals surface area contributed by atoms with Gasteiger partial charge in [0, 0.05) is 39.2 Å². The number of carbonyl (C=O) groups excluding carboxylic acids is 2. The minimum atomic E-state index is -0.444. The lowest BCUT2D eigenvalue weighted by Gasteiger charge is -2.37. The van der Waals surface area contributed by atoms with E-state index in [1.807, 2.05) is 61.7 Å². The minimum absolute atomic E-state index is 0.00101. The Balaban J connectivity index is 1.80. The summed E-state index contributed by atoms with van der Waals surface area (Å²) in [5.74, 6) is -0.791. The summed E-state index contributed by atoms with van der Waals surface area (Å²) < 4.78 is 5.38. The third-order valence-corrected chi connectivity index (χ3v) is 7.20. The molecule has 0 radical (unpaired) electrons. The van der Waals surface area contributed by atoms with E-state index in [0.29, 0.717) is 29.0 Å². The first-order valence-corrected chi connectivity index (χ1v) is 12.3. The van der Waals surface area contributed by atoms with Gasteiger partial charge in [-0.15, -0.1) is 11.8 Å². The zero-order valence-corrected chi connectivity index (χ0v) is 20.0. The van der Waals surface area contributed by atoms with Crippen molar-refractivity contribution >= 4 is 35.1 Å². The Labute approximate surface area is 198 Å².